The minimum absolute atomic E-state index is 0.297. The number of hydrogen-bond acceptors (Lipinski definition) is 6. The van der Waals surface area contributed by atoms with E-state index in [2.05, 4.69) is 34.5 Å². The monoisotopic (exact) mass is 410 g/mol. The van der Waals surface area contributed by atoms with E-state index in [0.717, 1.165) is 30.0 Å². The van der Waals surface area contributed by atoms with Crippen molar-refractivity contribution in [3.63, 3.8) is 0 Å². The molecule has 2 aliphatic rings. The molecule has 3 heterocycles. The van der Waals surface area contributed by atoms with Gasteiger partial charge in [-0.2, -0.15) is 5.01 Å². The van der Waals surface area contributed by atoms with E-state index in [-0.39, 0.29) is 5.91 Å². The summed E-state index contributed by atoms with van der Waals surface area (Å²) >= 11 is 6.46. The molecular formula is C20H18N4O2S2. The maximum atomic E-state index is 12.7. The number of thiocarbonyl (C=S) groups is 1. The highest BCUT2D eigenvalue weighted by Gasteiger charge is 2.33. The zero-order valence-electron chi connectivity index (χ0n) is 15.2. The predicted octanol–water partition coefficient (Wildman–Crippen LogP) is 3.01. The van der Waals surface area contributed by atoms with Gasteiger partial charge in [0.1, 0.15) is 0 Å². The Morgan fingerprint density at radius 1 is 1.36 bits per heavy atom. The zero-order valence-corrected chi connectivity index (χ0v) is 16.8. The van der Waals surface area contributed by atoms with Crippen LogP contribution in [0.2, 0.25) is 0 Å². The molecule has 0 aliphatic carbocycles. The summed E-state index contributed by atoms with van der Waals surface area (Å²) < 4.78 is 0.297. The van der Waals surface area contributed by atoms with Crippen LogP contribution in [0, 0.1) is 0 Å². The van der Waals surface area contributed by atoms with Gasteiger partial charge in [-0.1, -0.05) is 17.8 Å². The summed E-state index contributed by atoms with van der Waals surface area (Å²) in [4.78, 5) is 31.7. The molecule has 0 bridgehead atoms. The maximum Gasteiger partial charge on any atom is 0.285 e. The molecule has 1 aromatic carbocycles. The Balaban J connectivity index is 1.53. The fraction of sp³-hybridized carbons (Fsp3) is 0.200. The van der Waals surface area contributed by atoms with Gasteiger partial charge in [-0.3, -0.25) is 20.0 Å². The highest BCUT2D eigenvalue weighted by atomic mass is 32.2. The van der Waals surface area contributed by atoms with E-state index in [1.165, 1.54) is 29.2 Å². The van der Waals surface area contributed by atoms with Crippen LogP contribution in [-0.4, -0.2) is 39.7 Å². The van der Waals surface area contributed by atoms with Gasteiger partial charge in [0.2, 0.25) is 0 Å². The van der Waals surface area contributed by atoms with Crippen LogP contribution >= 0.6 is 24.0 Å². The lowest BCUT2D eigenvalue weighted by atomic mass is 9.99. The quantitative estimate of drug-likeness (QED) is 0.620. The first kappa shape index (κ1) is 18.6. The molecule has 0 unspecified atom stereocenters. The lowest BCUT2D eigenvalue weighted by Crippen LogP contribution is -2.44. The van der Waals surface area contributed by atoms with Crippen LogP contribution in [0.15, 0.2) is 47.6 Å². The Hall–Kier alpha value is -2.71. The highest BCUT2D eigenvalue weighted by Crippen LogP contribution is 2.33. The van der Waals surface area contributed by atoms with Crippen molar-refractivity contribution in [2.75, 3.05) is 18.5 Å². The molecule has 1 saturated heterocycles. The molecule has 0 saturated carbocycles. The number of aromatic nitrogens is 1. The third-order valence-electron chi connectivity index (χ3n) is 4.68. The number of carbonyl (C=O) groups is 2. The second-order valence-corrected chi connectivity index (χ2v) is 8.29. The number of rotatable bonds is 3. The molecule has 2 aromatic rings. The van der Waals surface area contributed by atoms with Gasteiger partial charge in [0.05, 0.1) is 10.5 Å². The van der Waals surface area contributed by atoms with Gasteiger partial charge in [0, 0.05) is 31.7 Å². The smallest absolute Gasteiger partial charge is 0.285 e. The average molecular weight is 411 g/mol. The van der Waals surface area contributed by atoms with Gasteiger partial charge in [0.25, 0.3) is 11.8 Å². The van der Waals surface area contributed by atoms with E-state index >= 15 is 0 Å². The lowest BCUT2D eigenvalue weighted by Gasteiger charge is -2.27. The summed E-state index contributed by atoms with van der Waals surface area (Å²) in [5.74, 6) is -0.760. The van der Waals surface area contributed by atoms with Crippen molar-refractivity contribution in [3.8, 4) is 0 Å². The topological polar surface area (TPSA) is 65.5 Å². The summed E-state index contributed by atoms with van der Waals surface area (Å²) in [6.45, 7) is 1.06. The molecule has 6 nitrogen and oxygen atoms in total. The van der Waals surface area contributed by atoms with Crippen molar-refractivity contribution in [2.45, 2.75) is 12.8 Å². The molecule has 1 fully saturated rings. The van der Waals surface area contributed by atoms with E-state index in [1.807, 2.05) is 12.1 Å². The number of thioether (sulfide) groups is 1. The highest BCUT2D eigenvalue weighted by molar-refractivity contribution is 8.26. The summed E-state index contributed by atoms with van der Waals surface area (Å²) in [7, 11) is 2.09. The first-order valence-corrected chi connectivity index (χ1v) is 10.1. The SMILES string of the molecule is CN1CCCc2cc(C=C3SC(=S)N(NC(=O)c4cccnc4)C3=O)ccc21. The van der Waals surface area contributed by atoms with Crippen molar-refractivity contribution >= 4 is 51.9 Å². The Morgan fingerprint density at radius 2 is 2.21 bits per heavy atom. The minimum Gasteiger partial charge on any atom is -0.374 e. The summed E-state index contributed by atoms with van der Waals surface area (Å²) in [6.07, 6.45) is 6.99. The van der Waals surface area contributed by atoms with Crippen LogP contribution in [0.4, 0.5) is 5.69 Å². The molecule has 2 amide bonds. The second kappa shape index (κ2) is 7.73. The molecule has 0 radical (unpaired) electrons. The number of pyridine rings is 1. The normalized spacial score (nSPS) is 17.8. The minimum atomic E-state index is -0.428. The largest absolute Gasteiger partial charge is 0.374 e. The predicted molar refractivity (Wildman–Crippen MR) is 115 cm³/mol. The average Bonchev–Trinajstić information content (AvgIpc) is 2.96. The number of hydrogen-bond donors (Lipinski definition) is 1. The number of carbonyl (C=O) groups excluding carboxylic acids is 2. The first-order valence-electron chi connectivity index (χ1n) is 8.86. The molecule has 142 valence electrons. The van der Waals surface area contributed by atoms with Gasteiger partial charge in [-0.25, -0.2) is 0 Å². The molecule has 0 spiro atoms. The number of anilines is 1. The number of aryl methyl sites for hydroxylation is 1. The molecule has 8 heteroatoms. The van der Waals surface area contributed by atoms with E-state index < -0.39 is 5.91 Å². The fourth-order valence-corrected chi connectivity index (χ4v) is 4.45. The van der Waals surface area contributed by atoms with E-state index in [9.17, 15) is 9.59 Å². The number of nitrogens with zero attached hydrogens (tertiary/aromatic N) is 3. The molecular weight excluding hydrogens is 392 g/mol. The van der Waals surface area contributed by atoms with E-state index in [1.54, 1.807) is 18.3 Å². The Labute approximate surface area is 172 Å². The maximum absolute atomic E-state index is 12.7. The molecule has 0 atom stereocenters. The lowest BCUT2D eigenvalue weighted by molar-refractivity contribution is -0.123. The molecule has 2 aliphatic heterocycles. The Morgan fingerprint density at radius 3 is 3.00 bits per heavy atom. The zero-order chi connectivity index (χ0) is 19.7. The van der Waals surface area contributed by atoms with Gasteiger partial charge in [-0.15, -0.1) is 0 Å². The van der Waals surface area contributed by atoms with Crippen LogP contribution in [0.3, 0.4) is 0 Å². The third-order valence-corrected chi connectivity index (χ3v) is 5.99. The molecule has 4 rings (SSSR count). The van der Waals surface area contributed by atoms with Crippen LogP contribution in [-0.2, 0) is 11.2 Å². The van der Waals surface area contributed by atoms with E-state index in [0.29, 0.717) is 14.8 Å². The van der Waals surface area contributed by atoms with Crippen molar-refractivity contribution in [1.29, 1.82) is 0 Å². The Bertz CT molecular complexity index is 991. The molecule has 1 N–H and O–H groups in total. The van der Waals surface area contributed by atoms with Crippen molar-refractivity contribution < 1.29 is 9.59 Å². The van der Waals surface area contributed by atoms with Crippen molar-refractivity contribution in [3.05, 3.63) is 64.3 Å². The van der Waals surface area contributed by atoms with Crippen LogP contribution in [0.25, 0.3) is 6.08 Å². The second-order valence-electron chi connectivity index (χ2n) is 6.61. The number of nitrogens with one attached hydrogen (secondary N) is 1. The number of benzene rings is 1. The standard InChI is InChI=1S/C20H18N4O2S2/c1-23-9-3-5-14-10-13(6-7-16(14)23)11-17-19(26)24(20(27)28-17)22-18(25)15-4-2-8-21-12-15/h2,4,6-8,10-12H,3,5,9H2,1H3,(H,22,25). The van der Waals surface area contributed by atoms with Crippen LogP contribution in [0.5, 0.6) is 0 Å². The Kier molecular flexibility index (Phi) is 5.15. The summed E-state index contributed by atoms with van der Waals surface area (Å²) in [5.41, 5.74) is 6.39. The van der Waals surface area contributed by atoms with Crippen LogP contribution in [0.1, 0.15) is 27.9 Å². The fourth-order valence-electron chi connectivity index (χ4n) is 3.27. The molecule has 1 aromatic heterocycles. The number of fused-ring (bicyclic) bond motifs is 1. The number of hydrazine groups is 1. The summed E-state index contributed by atoms with van der Waals surface area (Å²) in [6, 6.07) is 9.49. The van der Waals surface area contributed by atoms with Crippen LogP contribution < -0.4 is 10.3 Å². The van der Waals surface area contributed by atoms with Crippen molar-refractivity contribution in [1.82, 2.24) is 15.4 Å². The first-order chi connectivity index (χ1) is 13.5. The van der Waals surface area contributed by atoms with Gasteiger partial charge < -0.3 is 4.90 Å². The third kappa shape index (κ3) is 3.65. The van der Waals surface area contributed by atoms with Gasteiger partial charge in [0.15, 0.2) is 4.32 Å². The van der Waals surface area contributed by atoms with Crippen molar-refractivity contribution in [2.24, 2.45) is 0 Å². The molecule has 28 heavy (non-hydrogen) atoms. The van der Waals surface area contributed by atoms with E-state index in [4.69, 9.17) is 12.2 Å². The number of amides is 2. The van der Waals surface area contributed by atoms with Gasteiger partial charge in [-0.05, 0) is 66.5 Å². The summed E-state index contributed by atoms with van der Waals surface area (Å²) in [5, 5.41) is 1.12. The van der Waals surface area contributed by atoms with Gasteiger partial charge >= 0.3 is 0 Å².